The van der Waals surface area contributed by atoms with Crippen molar-refractivity contribution in [2.24, 2.45) is 0 Å². The van der Waals surface area contributed by atoms with Crippen LogP contribution >= 0.6 is 0 Å². The van der Waals surface area contributed by atoms with Gasteiger partial charge in [-0.1, -0.05) is 24.3 Å². The van der Waals surface area contributed by atoms with Gasteiger partial charge in [-0.15, -0.1) is 0 Å². The van der Waals surface area contributed by atoms with Crippen molar-refractivity contribution in [1.29, 1.82) is 0 Å². The van der Waals surface area contributed by atoms with Gasteiger partial charge in [-0.05, 0) is 30.5 Å². The van der Waals surface area contributed by atoms with Crippen LogP contribution in [0.2, 0.25) is 0 Å². The highest BCUT2D eigenvalue weighted by atomic mass is 16.5. The first-order valence-electron chi connectivity index (χ1n) is 5.33. The molecule has 0 amide bonds. The van der Waals surface area contributed by atoms with Crippen molar-refractivity contribution in [3.8, 4) is 0 Å². The largest absolute Gasteiger partial charge is 0.498 e. The van der Waals surface area contributed by atoms with E-state index >= 15 is 0 Å². The van der Waals surface area contributed by atoms with Crippen molar-refractivity contribution in [1.82, 2.24) is 0 Å². The van der Waals surface area contributed by atoms with E-state index in [1.54, 1.807) is 6.26 Å². The van der Waals surface area contributed by atoms with Gasteiger partial charge >= 0.3 is 0 Å². The normalized spacial score (nSPS) is 27.9. The third-order valence-corrected chi connectivity index (χ3v) is 2.69. The number of aliphatic hydroxyl groups excluding tert-OH is 1. The van der Waals surface area contributed by atoms with Gasteiger partial charge in [0.25, 0.3) is 0 Å². The molecule has 1 aliphatic heterocycles. The highest BCUT2D eigenvalue weighted by molar-refractivity contribution is 5.30. The molecule has 80 valence electrons. The highest BCUT2D eigenvalue weighted by Gasteiger charge is 2.14. The second kappa shape index (κ2) is 4.49. The molecule has 0 bridgehead atoms. The minimum Gasteiger partial charge on any atom is -0.498 e. The van der Waals surface area contributed by atoms with Gasteiger partial charge < -0.3 is 9.84 Å². The fraction of sp³-hybridized carbons (Fsp3) is 0.385. The van der Waals surface area contributed by atoms with Crippen LogP contribution in [-0.2, 0) is 11.2 Å². The zero-order valence-electron chi connectivity index (χ0n) is 8.89. The quantitative estimate of drug-likeness (QED) is 0.703. The number of hydrogen-bond acceptors (Lipinski definition) is 2. The first-order chi connectivity index (χ1) is 7.27. The SMILES string of the molecule is C[C@@H]1Cc2ccccc2[C@@H](O)C/C=C\O1. The number of hydrogen-bond donors (Lipinski definition) is 1. The molecule has 0 unspecified atom stereocenters. The molecule has 1 aromatic rings. The van der Waals surface area contributed by atoms with Crippen molar-refractivity contribution in [2.75, 3.05) is 0 Å². The summed E-state index contributed by atoms with van der Waals surface area (Å²) in [6.45, 7) is 2.04. The van der Waals surface area contributed by atoms with Gasteiger partial charge in [0.1, 0.15) is 0 Å². The van der Waals surface area contributed by atoms with Crippen molar-refractivity contribution in [3.63, 3.8) is 0 Å². The Morgan fingerprint density at radius 2 is 2.13 bits per heavy atom. The minimum atomic E-state index is -0.411. The summed E-state index contributed by atoms with van der Waals surface area (Å²) in [6.07, 6.45) is 4.78. The standard InChI is InChI=1S/C13H16O2/c1-10-9-11-5-2-3-6-12(11)13(14)7-4-8-15-10/h2-6,8,10,13-14H,7,9H2,1H3/b8-4-/t10-,13+/m1/s1. The lowest BCUT2D eigenvalue weighted by atomic mass is 9.97. The van der Waals surface area contributed by atoms with Gasteiger partial charge in [0.2, 0.25) is 0 Å². The average Bonchev–Trinajstić information content (AvgIpc) is 2.30. The Kier molecular flexibility index (Phi) is 3.07. The molecule has 1 heterocycles. The van der Waals surface area contributed by atoms with Crippen LogP contribution in [0.3, 0.4) is 0 Å². The summed E-state index contributed by atoms with van der Waals surface area (Å²) < 4.78 is 5.48. The first kappa shape index (κ1) is 10.2. The highest BCUT2D eigenvalue weighted by Crippen LogP contribution is 2.24. The van der Waals surface area contributed by atoms with Crippen molar-refractivity contribution < 1.29 is 9.84 Å². The summed E-state index contributed by atoms with van der Waals surface area (Å²) in [5.74, 6) is 0. The molecule has 1 aromatic carbocycles. The molecule has 0 aromatic heterocycles. The fourth-order valence-electron chi connectivity index (χ4n) is 1.90. The molecule has 0 spiro atoms. The molecule has 1 N–H and O–H groups in total. The second-order valence-electron chi connectivity index (χ2n) is 3.97. The van der Waals surface area contributed by atoms with E-state index in [9.17, 15) is 5.11 Å². The molecule has 0 saturated carbocycles. The molecule has 15 heavy (non-hydrogen) atoms. The molecule has 2 rings (SSSR count). The summed E-state index contributed by atoms with van der Waals surface area (Å²) >= 11 is 0. The molecule has 0 aliphatic carbocycles. The van der Waals surface area contributed by atoms with E-state index in [1.165, 1.54) is 5.56 Å². The van der Waals surface area contributed by atoms with Gasteiger partial charge in [-0.25, -0.2) is 0 Å². The van der Waals surface area contributed by atoms with E-state index < -0.39 is 6.10 Å². The van der Waals surface area contributed by atoms with Gasteiger partial charge in [0, 0.05) is 6.42 Å². The Morgan fingerprint density at radius 3 is 3.00 bits per heavy atom. The number of fused-ring (bicyclic) bond motifs is 1. The molecule has 2 nitrogen and oxygen atoms in total. The Labute approximate surface area is 90.2 Å². The molecule has 1 aliphatic rings. The summed E-state index contributed by atoms with van der Waals surface area (Å²) in [5, 5.41) is 9.97. The van der Waals surface area contributed by atoms with Crippen LogP contribution < -0.4 is 0 Å². The van der Waals surface area contributed by atoms with Crippen LogP contribution in [0.5, 0.6) is 0 Å². The van der Waals surface area contributed by atoms with Gasteiger partial charge in [-0.2, -0.15) is 0 Å². The topological polar surface area (TPSA) is 29.5 Å². The predicted molar refractivity (Wildman–Crippen MR) is 59.4 cm³/mol. The smallest absolute Gasteiger partial charge is 0.0990 e. The molecular formula is C13H16O2. The Bertz CT molecular complexity index is 357. The van der Waals surface area contributed by atoms with Crippen molar-refractivity contribution in [3.05, 3.63) is 47.7 Å². The molecular weight excluding hydrogens is 188 g/mol. The zero-order valence-corrected chi connectivity index (χ0v) is 8.89. The maximum atomic E-state index is 9.97. The second-order valence-corrected chi connectivity index (χ2v) is 3.97. The van der Waals surface area contributed by atoms with Gasteiger partial charge in [0.05, 0.1) is 18.5 Å². The van der Waals surface area contributed by atoms with Crippen LogP contribution in [0.25, 0.3) is 0 Å². The average molecular weight is 204 g/mol. The first-order valence-corrected chi connectivity index (χ1v) is 5.33. The van der Waals surface area contributed by atoms with E-state index in [0.29, 0.717) is 6.42 Å². The number of aliphatic hydroxyl groups is 1. The van der Waals surface area contributed by atoms with Crippen LogP contribution in [-0.4, -0.2) is 11.2 Å². The summed E-state index contributed by atoms with van der Waals surface area (Å²) in [7, 11) is 0. The third kappa shape index (κ3) is 2.39. The summed E-state index contributed by atoms with van der Waals surface area (Å²) in [5.41, 5.74) is 2.21. The number of ether oxygens (including phenoxy) is 1. The molecule has 2 atom stereocenters. The van der Waals surface area contributed by atoms with Crippen LogP contribution in [0.1, 0.15) is 30.6 Å². The predicted octanol–water partition coefficient (Wildman–Crippen LogP) is 2.59. The van der Waals surface area contributed by atoms with E-state index in [2.05, 4.69) is 6.07 Å². The number of benzene rings is 1. The Morgan fingerprint density at radius 1 is 1.33 bits per heavy atom. The lowest BCUT2D eigenvalue weighted by Gasteiger charge is -2.15. The lowest BCUT2D eigenvalue weighted by Crippen LogP contribution is -2.10. The zero-order chi connectivity index (χ0) is 10.7. The molecule has 0 fully saturated rings. The van der Waals surface area contributed by atoms with Crippen LogP contribution in [0, 0.1) is 0 Å². The van der Waals surface area contributed by atoms with Gasteiger partial charge in [-0.3, -0.25) is 0 Å². The number of rotatable bonds is 0. The monoisotopic (exact) mass is 204 g/mol. The lowest BCUT2D eigenvalue weighted by molar-refractivity contribution is 0.161. The molecule has 2 heteroatoms. The van der Waals surface area contributed by atoms with E-state index in [1.807, 2.05) is 31.2 Å². The molecule has 0 saturated heterocycles. The maximum absolute atomic E-state index is 9.97. The van der Waals surface area contributed by atoms with Crippen LogP contribution in [0.15, 0.2) is 36.6 Å². The third-order valence-electron chi connectivity index (χ3n) is 2.69. The van der Waals surface area contributed by atoms with Crippen molar-refractivity contribution in [2.45, 2.75) is 32.0 Å². The van der Waals surface area contributed by atoms with E-state index in [0.717, 1.165) is 12.0 Å². The van der Waals surface area contributed by atoms with E-state index in [4.69, 9.17) is 4.74 Å². The summed E-state index contributed by atoms with van der Waals surface area (Å²) in [6, 6.07) is 8.02. The maximum Gasteiger partial charge on any atom is 0.0990 e. The molecule has 0 radical (unpaired) electrons. The van der Waals surface area contributed by atoms with Gasteiger partial charge in [0.15, 0.2) is 0 Å². The fourth-order valence-corrected chi connectivity index (χ4v) is 1.90. The minimum absolute atomic E-state index is 0.160. The van der Waals surface area contributed by atoms with E-state index in [-0.39, 0.29) is 6.10 Å². The summed E-state index contributed by atoms with van der Waals surface area (Å²) in [4.78, 5) is 0. The van der Waals surface area contributed by atoms with Crippen LogP contribution in [0.4, 0.5) is 0 Å². The van der Waals surface area contributed by atoms with Crippen molar-refractivity contribution >= 4 is 0 Å². The Hall–Kier alpha value is -1.28. The Balaban J connectivity index is 2.34.